The molecule has 0 spiro atoms. The van der Waals surface area contributed by atoms with Crippen LogP contribution in [-0.2, 0) is 11.2 Å². The van der Waals surface area contributed by atoms with Crippen molar-refractivity contribution in [2.75, 3.05) is 13.7 Å². The molecule has 0 aliphatic heterocycles. The highest BCUT2D eigenvalue weighted by Crippen LogP contribution is 2.21. The maximum absolute atomic E-state index is 12.3. The monoisotopic (exact) mass is 313 g/mol. The second-order valence-electron chi connectivity index (χ2n) is 5.39. The number of Topliss-reactive ketones (excluding diaryl/α,β-unsaturated/α-hetero) is 1. The maximum atomic E-state index is 12.3. The Labute approximate surface area is 135 Å². The fourth-order valence-electron chi connectivity index (χ4n) is 2.51. The van der Waals surface area contributed by atoms with E-state index in [9.17, 15) is 14.9 Å². The van der Waals surface area contributed by atoms with Crippen molar-refractivity contribution in [3.05, 3.63) is 75.8 Å². The highest BCUT2D eigenvalue weighted by Gasteiger charge is 2.21. The fraction of sp³-hybridized carbons (Fsp3) is 0.278. The van der Waals surface area contributed by atoms with Gasteiger partial charge >= 0.3 is 0 Å². The largest absolute Gasteiger partial charge is 0.497 e. The number of nitro groups is 1. The van der Waals surface area contributed by atoms with Gasteiger partial charge in [0.15, 0.2) is 0 Å². The Hall–Kier alpha value is -2.69. The normalized spacial score (nSPS) is 11.7. The van der Waals surface area contributed by atoms with E-state index in [4.69, 9.17) is 4.74 Å². The number of benzene rings is 2. The van der Waals surface area contributed by atoms with Crippen molar-refractivity contribution in [1.82, 2.24) is 0 Å². The summed E-state index contributed by atoms with van der Waals surface area (Å²) in [6.07, 6.45) is 0.433. The number of rotatable bonds is 8. The lowest BCUT2D eigenvalue weighted by Crippen LogP contribution is -2.17. The lowest BCUT2D eigenvalue weighted by atomic mass is 9.92. The van der Waals surface area contributed by atoms with E-state index in [0.29, 0.717) is 0 Å². The average Bonchev–Trinajstić information content (AvgIpc) is 2.55. The summed E-state index contributed by atoms with van der Waals surface area (Å²) in [6.45, 7) is -0.238. The molecule has 0 bridgehead atoms. The Morgan fingerprint density at radius 3 is 2.35 bits per heavy atom. The molecule has 2 aromatic rings. The first-order chi connectivity index (χ1) is 11.1. The number of methoxy groups -OCH3 is 1. The van der Waals surface area contributed by atoms with Crippen molar-refractivity contribution in [1.29, 1.82) is 0 Å². The summed E-state index contributed by atoms with van der Waals surface area (Å²) >= 11 is 0. The van der Waals surface area contributed by atoms with Gasteiger partial charge in [0.2, 0.25) is 6.54 Å². The highest BCUT2D eigenvalue weighted by atomic mass is 16.6. The third-order valence-corrected chi connectivity index (χ3v) is 3.67. The van der Waals surface area contributed by atoms with E-state index in [1.807, 2.05) is 42.5 Å². The Kier molecular flexibility index (Phi) is 5.86. The van der Waals surface area contributed by atoms with E-state index in [1.54, 1.807) is 19.2 Å². The summed E-state index contributed by atoms with van der Waals surface area (Å²) in [6, 6.07) is 16.4. The van der Waals surface area contributed by atoms with Crippen molar-refractivity contribution in [3.8, 4) is 5.75 Å². The van der Waals surface area contributed by atoms with Gasteiger partial charge in [-0.3, -0.25) is 14.9 Å². The molecule has 2 rings (SSSR count). The number of hydrogen-bond acceptors (Lipinski definition) is 4. The molecule has 0 unspecified atom stereocenters. The Balaban J connectivity index is 2.03. The molecule has 0 aliphatic carbocycles. The van der Waals surface area contributed by atoms with Crippen LogP contribution in [-0.4, -0.2) is 24.4 Å². The quantitative estimate of drug-likeness (QED) is 0.554. The molecule has 0 heterocycles. The van der Waals surface area contributed by atoms with Gasteiger partial charge in [-0.15, -0.1) is 0 Å². The first kappa shape index (κ1) is 16.7. The molecule has 23 heavy (non-hydrogen) atoms. The zero-order valence-electron chi connectivity index (χ0n) is 13.0. The minimum Gasteiger partial charge on any atom is -0.497 e. The summed E-state index contributed by atoms with van der Waals surface area (Å²) in [5.41, 5.74) is 1.70. The van der Waals surface area contributed by atoms with Gasteiger partial charge in [-0.2, -0.15) is 0 Å². The first-order valence-corrected chi connectivity index (χ1v) is 7.40. The zero-order valence-corrected chi connectivity index (χ0v) is 13.0. The first-order valence-electron chi connectivity index (χ1n) is 7.40. The summed E-state index contributed by atoms with van der Waals surface area (Å²) in [5.74, 6) is 0.333. The number of carbonyl (C=O) groups is 1. The SMILES string of the molecule is COc1ccc(CC(=O)C[C@H](C[N+](=O)[O-])c2ccccc2)cc1. The number of nitrogens with zero attached hydrogens (tertiary/aromatic N) is 1. The van der Waals surface area contributed by atoms with Crippen molar-refractivity contribution < 1.29 is 14.5 Å². The second-order valence-corrected chi connectivity index (χ2v) is 5.39. The van der Waals surface area contributed by atoms with Gasteiger partial charge in [0.25, 0.3) is 0 Å². The van der Waals surface area contributed by atoms with Crippen LogP contribution in [0.4, 0.5) is 0 Å². The molecule has 0 N–H and O–H groups in total. The van der Waals surface area contributed by atoms with Gasteiger partial charge in [-0.1, -0.05) is 42.5 Å². The van der Waals surface area contributed by atoms with E-state index in [2.05, 4.69) is 0 Å². The Morgan fingerprint density at radius 2 is 1.78 bits per heavy atom. The molecule has 0 saturated carbocycles. The molecule has 0 aliphatic rings. The van der Waals surface area contributed by atoms with Gasteiger partial charge in [0.1, 0.15) is 11.5 Å². The van der Waals surface area contributed by atoms with Crippen LogP contribution in [0.15, 0.2) is 54.6 Å². The standard InChI is InChI=1S/C18H19NO4/c1-23-18-9-7-14(8-10-18)11-17(20)12-16(13-19(21)22)15-5-3-2-4-6-15/h2-10,16H,11-13H2,1H3/t16-/m1/s1. The predicted molar refractivity (Wildman–Crippen MR) is 87.4 cm³/mol. The Bertz CT molecular complexity index is 652. The molecular formula is C18H19NO4. The number of ketones is 1. The van der Waals surface area contributed by atoms with E-state index >= 15 is 0 Å². The molecule has 0 aromatic heterocycles. The summed E-state index contributed by atoms with van der Waals surface area (Å²) in [5, 5.41) is 10.9. The zero-order chi connectivity index (χ0) is 16.7. The highest BCUT2D eigenvalue weighted by molar-refractivity contribution is 5.81. The predicted octanol–water partition coefficient (Wildman–Crippen LogP) is 3.26. The van der Waals surface area contributed by atoms with Crippen LogP contribution < -0.4 is 4.74 Å². The third kappa shape index (κ3) is 5.21. The van der Waals surface area contributed by atoms with Crippen LogP contribution >= 0.6 is 0 Å². The van der Waals surface area contributed by atoms with E-state index in [-0.39, 0.29) is 30.1 Å². The molecule has 0 amide bonds. The summed E-state index contributed by atoms with van der Waals surface area (Å²) in [4.78, 5) is 22.8. The van der Waals surface area contributed by atoms with Crippen molar-refractivity contribution >= 4 is 5.78 Å². The lowest BCUT2D eigenvalue weighted by Gasteiger charge is -2.12. The van der Waals surface area contributed by atoms with E-state index < -0.39 is 5.92 Å². The number of ether oxygens (including phenoxy) is 1. The lowest BCUT2D eigenvalue weighted by molar-refractivity contribution is -0.483. The molecule has 0 radical (unpaired) electrons. The molecule has 5 nitrogen and oxygen atoms in total. The molecule has 120 valence electrons. The Morgan fingerprint density at radius 1 is 1.13 bits per heavy atom. The molecule has 2 aromatic carbocycles. The van der Waals surface area contributed by atoms with Crippen molar-refractivity contribution in [3.63, 3.8) is 0 Å². The molecule has 0 fully saturated rings. The van der Waals surface area contributed by atoms with Crippen molar-refractivity contribution in [2.24, 2.45) is 0 Å². The van der Waals surface area contributed by atoms with Crippen molar-refractivity contribution in [2.45, 2.75) is 18.8 Å². The molecule has 5 heteroatoms. The maximum Gasteiger partial charge on any atom is 0.211 e. The number of hydrogen-bond donors (Lipinski definition) is 0. The van der Waals surface area contributed by atoms with Crippen LogP contribution in [0.3, 0.4) is 0 Å². The third-order valence-electron chi connectivity index (χ3n) is 3.67. The second kappa shape index (κ2) is 8.08. The molecular weight excluding hydrogens is 294 g/mol. The van der Waals surface area contributed by atoms with Crippen LogP contribution in [0, 0.1) is 10.1 Å². The topological polar surface area (TPSA) is 69.4 Å². The summed E-state index contributed by atoms with van der Waals surface area (Å²) in [7, 11) is 1.59. The van der Waals surface area contributed by atoms with Gasteiger partial charge in [-0.05, 0) is 23.3 Å². The molecule has 1 atom stereocenters. The van der Waals surface area contributed by atoms with Crippen LogP contribution in [0.2, 0.25) is 0 Å². The van der Waals surface area contributed by atoms with E-state index in [1.165, 1.54) is 0 Å². The minimum atomic E-state index is -0.392. The van der Waals surface area contributed by atoms with Crippen LogP contribution in [0.1, 0.15) is 23.5 Å². The van der Waals surface area contributed by atoms with E-state index in [0.717, 1.165) is 16.9 Å². The van der Waals surface area contributed by atoms with Gasteiger partial charge in [0.05, 0.1) is 13.0 Å². The fourth-order valence-corrected chi connectivity index (χ4v) is 2.51. The van der Waals surface area contributed by atoms with Crippen LogP contribution in [0.5, 0.6) is 5.75 Å². The van der Waals surface area contributed by atoms with Crippen LogP contribution in [0.25, 0.3) is 0 Å². The van der Waals surface area contributed by atoms with Gasteiger partial charge < -0.3 is 4.74 Å². The van der Waals surface area contributed by atoms with Gasteiger partial charge in [-0.25, -0.2) is 0 Å². The smallest absolute Gasteiger partial charge is 0.211 e. The molecule has 0 saturated heterocycles. The minimum absolute atomic E-state index is 0.00845. The van der Waals surface area contributed by atoms with Gasteiger partial charge in [0, 0.05) is 17.8 Å². The average molecular weight is 313 g/mol. The summed E-state index contributed by atoms with van der Waals surface area (Å²) < 4.78 is 5.08. The number of carbonyl (C=O) groups excluding carboxylic acids is 1.